The molecule has 25 heavy (non-hydrogen) atoms. The molecule has 2 aromatic rings. The van der Waals surface area contributed by atoms with Crippen molar-refractivity contribution < 1.29 is 4.74 Å². The predicted octanol–water partition coefficient (Wildman–Crippen LogP) is 2.75. The molecule has 0 radical (unpaired) electrons. The second kappa shape index (κ2) is 8.99. The molecule has 1 fully saturated rings. The zero-order valence-corrected chi connectivity index (χ0v) is 15.1. The summed E-state index contributed by atoms with van der Waals surface area (Å²) in [5.41, 5.74) is 8.32. The molecule has 0 aromatic heterocycles. The highest BCUT2D eigenvalue weighted by Gasteiger charge is 2.26. The van der Waals surface area contributed by atoms with Crippen molar-refractivity contribution in [2.75, 3.05) is 46.4 Å². The van der Waals surface area contributed by atoms with Crippen LogP contribution in [0.15, 0.2) is 54.6 Å². The van der Waals surface area contributed by atoms with E-state index in [9.17, 15) is 0 Å². The van der Waals surface area contributed by atoms with Gasteiger partial charge in [-0.1, -0.05) is 42.5 Å². The van der Waals surface area contributed by atoms with E-state index in [1.807, 2.05) is 0 Å². The van der Waals surface area contributed by atoms with Crippen LogP contribution in [0.25, 0.3) is 0 Å². The first kappa shape index (κ1) is 17.9. The van der Waals surface area contributed by atoms with Crippen LogP contribution in [0, 0.1) is 0 Å². The van der Waals surface area contributed by atoms with Gasteiger partial charge in [0.2, 0.25) is 0 Å². The van der Waals surface area contributed by atoms with Crippen LogP contribution < -0.4 is 10.5 Å². The second-order valence-electron chi connectivity index (χ2n) is 6.61. The number of hydrogen-bond donors (Lipinski definition) is 1. The van der Waals surface area contributed by atoms with Crippen LogP contribution in [0.2, 0.25) is 0 Å². The SMILES string of the molecule is COc1ccc(C(c2ccccc2)N2CCN(CCCN)CC2)cc1. The van der Waals surface area contributed by atoms with Crippen molar-refractivity contribution in [1.29, 1.82) is 0 Å². The fourth-order valence-electron chi connectivity index (χ4n) is 3.60. The van der Waals surface area contributed by atoms with Crippen molar-refractivity contribution in [2.45, 2.75) is 12.5 Å². The lowest BCUT2D eigenvalue weighted by atomic mass is 9.96. The Kier molecular flexibility index (Phi) is 6.45. The molecule has 1 unspecified atom stereocenters. The van der Waals surface area contributed by atoms with Crippen LogP contribution in [-0.4, -0.2) is 56.2 Å². The fourth-order valence-corrected chi connectivity index (χ4v) is 3.60. The van der Waals surface area contributed by atoms with Crippen molar-refractivity contribution in [2.24, 2.45) is 5.73 Å². The van der Waals surface area contributed by atoms with E-state index in [0.29, 0.717) is 6.04 Å². The lowest BCUT2D eigenvalue weighted by molar-refractivity contribution is 0.109. The van der Waals surface area contributed by atoms with Crippen LogP contribution >= 0.6 is 0 Å². The van der Waals surface area contributed by atoms with Gasteiger partial charge in [0.05, 0.1) is 13.2 Å². The molecule has 0 saturated carbocycles. The summed E-state index contributed by atoms with van der Waals surface area (Å²) in [7, 11) is 1.71. The largest absolute Gasteiger partial charge is 0.497 e. The lowest BCUT2D eigenvalue weighted by Gasteiger charge is -2.39. The Bertz CT molecular complexity index is 621. The number of hydrogen-bond acceptors (Lipinski definition) is 4. The van der Waals surface area contributed by atoms with Gasteiger partial charge in [0.15, 0.2) is 0 Å². The maximum Gasteiger partial charge on any atom is 0.118 e. The summed E-state index contributed by atoms with van der Waals surface area (Å²) in [6.07, 6.45) is 1.08. The van der Waals surface area contributed by atoms with Gasteiger partial charge < -0.3 is 15.4 Å². The first-order valence-electron chi connectivity index (χ1n) is 9.17. The minimum absolute atomic E-state index is 0.295. The Morgan fingerprint density at radius 1 is 0.920 bits per heavy atom. The number of methoxy groups -OCH3 is 1. The molecule has 4 nitrogen and oxygen atoms in total. The molecule has 3 rings (SSSR count). The first-order chi connectivity index (χ1) is 12.3. The van der Waals surface area contributed by atoms with E-state index in [0.717, 1.165) is 51.4 Å². The number of nitrogens with two attached hydrogens (primary N) is 1. The average Bonchev–Trinajstić information content (AvgIpc) is 2.69. The number of benzene rings is 2. The number of nitrogens with zero attached hydrogens (tertiary/aromatic N) is 2. The maximum absolute atomic E-state index is 5.65. The summed E-state index contributed by atoms with van der Waals surface area (Å²) in [6.45, 7) is 6.27. The van der Waals surface area contributed by atoms with Crippen molar-refractivity contribution in [3.63, 3.8) is 0 Å². The monoisotopic (exact) mass is 339 g/mol. The number of piperazine rings is 1. The highest BCUT2D eigenvalue weighted by molar-refractivity contribution is 5.35. The molecule has 1 atom stereocenters. The normalized spacial score (nSPS) is 17.4. The van der Waals surface area contributed by atoms with Gasteiger partial charge in [-0.15, -0.1) is 0 Å². The van der Waals surface area contributed by atoms with Gasteiger partial charge in [-0.3, -0.25) is 4.90 Å². The third-order valence-electron chi connectivity index (χ3n) is 5.00. The topological polar surface area (TPSA) is 41.7 Å². The Balaban J connectivity index is 1.78. The fraction of sp³-hybridized carbons (Fsp3) is 0.429. The molecule has 2 aromatic carbocycles. The van der Waals surface area contributed by atoms with Gasteiger partial charge in [-0.2, -0.15) is 0 Å². The molecule has 0 amide bonds. The van der Waals surface area contributed by atoms with Crippen LogP contribution in [0.1, 0.15) is 23.6 Å². The minimum atomic E-state index is 0.295. The van der Waals surface area contributed by atoms with Crippen molar-refractivity contribution in [3.8, 4) is 5.75 Å². The molecule has 134 valence electrons. The molecule has 0 bridgehead atoms. The Hall–Kier alpha value is -1.88. The smallest absolute Gasteiger partial charge is 0.118 e. The standard InChI is InChI=1S/C21H29N3O/c1-25-20-10-8-19(9-11-20)21(18-6-3-2-4-7-18)24-16-14-23(15-17-24)13-5-12-22/h2-4,6-11,21H,5,12-17,22H2,1H3. The molecule has 4 heteroatoms. The number of ether oxygens (including phenoxy) is 1. The van der Waals surface area contributed by atoms with Crippen LogP contribution in [0.3, 0.4) is 0 Å². The van der Waals surface area contributed by atoms with Gasteiger partial charge in [0.1, 0.15) is 5.75 Å². The Labute approximate surface area is 151 Å². The van der Waals surface area contributed by atoms with Crippen molar-refractivity contribution in [3.05, 3.63) is 65.7 Å². The summed E-state index contributed by atoms with van der Waals surface area (Å²) in [6, 6.07) is 19.6. The van der Waals surface area contributed by atoms with E-state index in [4.69, 9.17) is 10.5 Å². The highest BCUT2D eigenvalue weighted by atomic mass is 16.5. The van der Waals surface area contributed by atoms with Crippen LogP contribution in [-0.2, 0) is 0 Å². The van der Waals surface area contributed by atoms with Crippen molar-refractivity contribution >= 4 is 0 Å². The van der Waals surface area contributed by atoms with E-state index in [1.54, 1.807) is 7.11 Å². The van der Waals surface area contributed by atoms with E-state index >= 15 is 0 Å². The maximum atomic E-state index is 5.65. The summed E-state index contributed by atoms with van der Waals surface area (Å²) in [5.74, 6) is 0.905. The molecule has 1 aliphatic rings. The van der Waals surface area contributed by atoms with Gasteiger partial charge in [0, 0.05) is 26.2 Å². The van der Waals surface area contributed by atoms with Gasteiger partial charge in [0.25, 0.3) is 0 Å². The van der Waals surface area contributed by atoms with Crippen molar-refractivity contribution in [1.82, 2.24) is 9.80 Å². The van der Waals surface area contributed by atoms with Crippen LogP contribution in [0.4, 0.5) is 0 Å². The molecular weight excluding hydrogens is 310 g/mol. The molecule has 0 spiro atoms. The third kappa shape index (κ3) is 4.60. The first-order valence-corrected chi connectivity index (χ1v) is 9.17. The molecule has 0 aliphatic carbocycles. The Morgan fingerprint density at radius 2 is 1.56 bits per heavy atom. The molecule has 1 aliphatic heterocycles. The van der Waals surface area contributed by atoms with Crippen LogP contribution in [0.5, 0.6) is 5.75 Å². The van der Waals surface area contributed by atoms with E-state index in [2.05, 4.69) is 64.4 Å². The zero-order chi connectivity index (χ0) is 17.5. The van der Waals surface area contributed by atoms with Gasteiger partial charge in [-0.05, 0) is 42.8 Å². The second-order valence-corrected chi connectivity index (χ2v) is 6.61. The molecular formula is C21H29N3O. The van der Waals surface area contributed by atoms with Gasteiger partial charge in [-0.25, -0.2) is 0 Å². The third-order valence-corrected chi connectivity index (χ3v) is 5.00. The van der Waals surface area contributed by atoms with Gasteiger partial charge >= 0.3 is 0 Å². The molecule has 1 saturated heterocycles. The summed E-state index contributed by atoms with van der Waals surface area (Å²) >= 11 is 0. The summed E-state index contributed by atoms with van der Waals surface area (Å²) in [5, 5.41) is 0. The minimum Gasteiger partial charge on any atom is -0.497 e. The summed E-state index contributed by atoms with van der Waals surface area (Å²) in [4.78, 5) is 5.12. The van der Waals surface area contributed by atoms with E-state index in [-0.39, 0.29) is 0 Å². The average molecular weight is 339 g/mol. The Morgan fingerprint density at radius 3 is 2.16 bits per heavy atom. The quantitative estimate of drug-likeness (QED) is 0.842. The van der Waals surface area contributed by atoms with E-state index in [1.165, 1.54) is 11.1 Å². The highest BCUT2D eigenvalue weighted by Crippen LogP contribution is 2.30. The zero-order valence-electron chi connectivity index (χ0n) is 15.1. The lowest BCUT2D eigenvalue weighted by Crippen LogP contribution is -2.48. The predicted molar refractivity (Wildman–Crippen MR) is 103 cm³/mol. The number of rotatable bonds is 7. The summed E-state index contributed by atoms with van der Waals surface area (Å²) < 4.78 is 5.32. The van der Waals surface area contributed by atoms with E-state index < -0.39 is 0 Å². The molecule has 2 N–H and O–H groups in total. The molecule has 1 heterocycles.